The molecule has 0 heterocycles. The highest BCUT2D eigenvalue weighted by atomic mass is 16.3. The van der Waals surface area contributed by atoms with Gasteiger partial charge in [-0.1, -0.05) is 20.8 Å². The van der Waals surface area contributed by atoms with Crippen LogP contribution in [0.25, 0.3) is 0 Å². The van der Waals surface area contributed by atoms with E-state index in [0.717, 1.165) is 19.3 Å². The van der Waals surface area contributed by atoms with Crippen molar-refractivity contribution in [2.45, 2.75) is 59.1 Å². The molecule has 0 radical (unpaired) electrons. The van der Waals surface area contributed by atoms with Crippen LogP contribution in [0.2, 0.25) is 0 Å². The van der Waals surface area contributed by atoms with Gasteiger partial charge in [-0.15, -0.1) is 0 Å². The molecule has 3 nitrogen and oxygen atoms in total. The van der Waals surface area contributed by atoms with Crippen LogP contribution in [0, 0.1) is 5.41 Å². The second-order valence-corrected chi connectivity index (χ2v) is 5.59. The molecule has 0 aliphatic carbocycles. The molecule has 0 fully saturated rings. The van der Waals surface area contributed by atoms with Gasteiger partial charge in [0.1, 0.15) is 0 Å². The highest BCUT2D eigenvalue weighted by Gasteiger charge is 2.16. The van der Waals surface area contributed by atoms with E-state index in [1.807, 2.05) is 0 Å². The molecule has 0 saturated carbocycles. The molecule has 3 N–H and O–H groups in total. The van der Waals surface area contributed by atoms with Gasteiger partial charge >= 0.3 is 0 Å². The molecule has 0 bridgehead atoms. The minimum absolute atomic E-state index is 0.176. The fourth-order valence-corrected chi connectivity index (χ4v) is 1.62. The van der Waals surface area contributed by atoms with Crippen LogP contribution in [0.5, 0.6) is 0 Å². The fourth-order valence-electron chi connectivity index (χ4n) is 1.62. The van der Waals surface area contributed by atoms with Crippen molar-refractivity contribution < 1.29 is 10.2 Å². The lowest BCUT2D eigenvalue weighted by Crippen LogP contribution is -2.35. The number of nitrogens with one attached hydrogen (secondary N) is 1. The first-order valence-electron chi connectivity index (χ1n) is 5.87. The zero-order valence-electron chi connectivity index (χ0n) is 10.6. The Bertz CT molecular complexity index is 154. The summed E-state index contributed by atoms with van der Waals surface area (Å²) in [5.74, 6) is 0. The summed E-state index contributed by atoms with van der Waals surface area (Å²) in [4.78, 5) is 0. The fraction of sp³-hybridized carbons (Fsp3) is 1.00. The normalized spacial score (nSPS) is 16.4. The second kappa shape index (κ2) is 7.20. The van der Waals surface area contributed by atoms with Crippen LogP contribution in [-0.4, -0.2) is 35.5 Å². The predicted molar refractivity (Wildman–Crippen MR) is 63.9 cm³/mol. The Balaban J connectivity index is 3.57. The molecule has 0 aliphatic rings. The lowest BCUT2D eigenvalue weighted by Gasteiger charge is -2.24. The third-order valence-corrected chi connectivity index (χ3v) is 2.35. The third-order valence-electron chi connectivity index (χ3n) is 2.35. The highest BCUT2D eigenvalue weighted by Crippen LogP contribution is 2.20. The van der Waals surface area contributed by atoms with Gasteiger partial charge in [-0.2, -0.15) is 0 Å². The summed E-state index contributed by atoms with van der Waals surface area (Å²) in [6, 6.07) is 0.367. The van der Waals surface area contributed by atoms with E-state index in [1.54, 1.807) is 0 Å². The SMILES string of the molecule is CC(CCCO)NCC(O)CC(C)(C)C. The first-order chi connectivity index (χ1) is 6.85. The maximum atomic E-state index is 9.75. The molecule has 15 heavy (non-hydrogen) atoms. The number of aliphatic hydroxyl groups excluding tert-OH is 2. The van der Waals surface area contributed by atoms with Gasteiger partial charge < -0.3 is 15.5 Å². The van der Waals surface area contributed by atoms with Gasteiger partial charge in [-0.3, -0.25) is 0 Å². The van der Waals surface area contributed by atoms with Gasteiger partial charge in [0.15, 0.2) is 0 Å². The maximum Gasteiger partial charge on any atom is 0.0669 e. The first-order valence-corrected chi connectivity index (χ1v) is 5.87. The number of hydrogen-bond acceptors (Lipinski definition) is 3. The average Bonchev–Trinajstić information content (AvgIpc) is 2.08. The van der Waals surface area contributed by atoms with Crippen molar-refractivity contribution in [1.29, 1.82) is 0 Å². The van der Waals surface area contributed by atoms with E-state index >= 15 is 0 Å². The van der Waals surface area contributed by atoms with Crippen molar-refractivity contribution in [3.8, 4) is 0 Å². The predicted octanol–water partition coefficient (Wildman–Crippen LogP) is 1.53. The van der Waals surface area contributed by atoms with E-state index in [9.17, 15) is 5.11 Å². The maximum absolute atomic E-state index is 9.75. The molecular weight excluding hydrogens is 190 g/mol. The molecule has 92 valence electrons. The lowest BCUT2D eigenvalue weighted by molar-refractivity contribution is 0.116. The van der Waals surface area contributed by atoms with Gasteiger partial charge in [0, 0.05) is 19.2 Å². The van der Waals surface area contributed by atoms with E-state index in [4.69, 9.17) is 5.11 Å². The highest BCUT2D eigenvalue weighted by molar-refractivity contribution is 4.71. The molecule has 0 aromatic heterocycles. The van der Waals surface area contributed by atoms with Crippen LogP contribution in [0.15, 0.2) is 0 Å². The summed E-state index contributed by atoms with van der Waals surface area (Å²) in [7, 11) is 0. The Morgan fingerprint density at radius 1 is 1.27 bits per heavy atom. The monoisotopic (exact) mass is 217 g/mol. The molecule has 0 amide bonds. The van der Waals surface area contributed by atoms with Gasteiger partial charge in [0.25, 0.3) is 0 Å². The molecular formula is C12H27NO2. The first kappa shape index (κ1) is 14.9. The summed E-state index contributed by atoms with van der Waals surface area (Å²) in [6.45, 7) is 9.36. The molecule has 2 atom stereocenters. The van der Waals surface area contributed by atoms with E-state index in [-0.39, 0.29) is 18.1 Å². The molecule has 0 aromatic rings. The molecule has 0 saturated heterocycles. The van der Waals surface area contributed by atoms with E-state index in [1.165, 1.54) is 0 Å². The summed E-state index contributed by atoms with van der Waals surface area (Å²) >= 11 is 0. The van der Waals surface area contributed by atoms with E-state index < -0.39 is 0 Å². The Hall–Kier alpha value is -0.120. The molecule has 0 aromatic carbocycles. The number of aliphatic hydroxyl groups is 2. The van der Waals surface area contributed by atoms with Crippen LogP contribution < -0.4 is 5.32 Å². The Morgan fingerprint density at radius 2 is 1.87 bits per heavy atom. The van der Waals surface area contributed by atoms with Crippen molar-refractivity contribution >= 4 is 0 Å². The van der Waals surface area contributed by atoms with Crippen molar-refractivity contribution in [2.75, 3.05) is 13.2 Å². The van der Waals surface area contributed by atoms with Crippen molar-refractivity contribution in [1.82, 2.24) is 5.32 Å². The van der Waals surface area contributed by atoms with Gasteiger partial charge in [0.2, 0.25) is 0 Å². The largest absolute Gasteiger partial charge is 0.396 e. The Morgan fingerprint density at radius 3 is 2.33 bits per heavy atom. The standard InChI is InChI=1S/C12H27NO2/c1-10(6-5-7-14)13-9-11(15)8-12(2,3)4/h10-11,13-15H,5-9H2,1-4H3. The summed E-state index contributed by atoms with van der Waals surface area (Å²) in [5.41, 5.74) is 0.176. The van der Waals surface area contributed by atoms with Crippen LogP contribution >= 0.6 is 0 Å². The quantitative estimate of drug-likeness (QED) is 0.606. The van der Waals surface area contributed by atoms with Crippen LogP contribution in [0.4, 0.5) is 0 Å². The van der Waals surface area contributed by atoms with Crippen molar-refractivity contribution in [3.63, 3.8) is 0 Å². The van der Waals surface area contributed by atoms with Crippen LogP contribution in [0.1, 0.15) is 47.0 Å². The topological polar surface area (TPSA) is 52.5 Å². The minimum Gasteiger partial charge on any atom is -0.396 e. The summed E-state index contributed by atoms with van der Waals surface area (Å²) in [5, 5.41) is 21.7. The van der Waals surface area contributed by atoms with Gasteiger partial charge in [-0.05, 0) is 31.6 Å². The molecule has 0 rings (SSSR count). The van der Waals surface area contributed by atoms with Crippen molar-refractivity contribution in [2.24, 2.45) is 5.41 Å². The Labute approximate surface area is 93.9 Å². The summed E-state index contributed by atoms with van der Waals surface area (Å²) < 4.78 is 0. The smallest absolute Gasteiger partial charge is 0.0669 e. The second-order valence-electron chi connectivity index (χ2n) is 5.59. The van der Waals surface area contributed by atoms with Crippen LogP contribution in [-0.2, 0) is 0 Å². The lowest BCUT2D eigenvalue weighted by atomic mass is 9.89. The Kier molecular flexibility index (Phi) is 7.14. The molecule has 0 spiro atoms. The van der Waals surface area contributed by atoms with Crippen molar-refractivity contribution in [3.05, 3.63) is 0 Å². The zero-order chi connectivity index (χ0) is 11.9. The van der Waals surface area contributed by atoms with E-state index in [2.05, 4.69) is 33.0 Å². The third kappa shape index (κ3) is 10.2. The number of rotatable bonds is 7. The minimum atomic E-state index is -0.276. The number of hydrogen-bond donors (Lipinski definition) is 3. The van der Waals surface area contributed by atoms with Crippen LogP contribution in [0.3, 0.4) is 0 Å². The average molecular weight is 217 g/mol. The molecule has 0 aliphatic heterocycles. The van der Waals surface area contributed by atoms with Gasteiger partial charge in [-0.25, -0.2) is 0 Å². The van der Waals surface area contributed by atoms with Gasteiger partial charge in [0.05, 0.1) is 6.10 Å². The van der Waals surface area contributed by atoms with E-state index in [0.29, 0.717) is 12.6 Å². The molecule has 2 unspecified atom stereocenters. The summed E-state index contributed by atoms with van der Waals surface area (Å²) in [6.07, 6.45) is 2.32. The zero-order valence-corrected chi connectivity index (χ0v) is 10.6. The molecule has 3 heteroatoms.